The number of carbonyl (C=O) groups is 1. The summed E-state index contributed by atoms with van der Waals surface area (Å²) in [4.78, 5) is 14.2. The van der Waals surface area contributed by atoms with E-state index in [1.54, 1.807) is 11.8 Å². The van der Waals surface area contributed by atoms with E-state index in [0.717, 1.165) is 33.2 Å². The molecule has 124 valence electrons. The van der Waals surface area contributed by atoms with Gasteiger partial charge in [0.2, 0.25) is 5.91 Å². The third-order valence-corrected chi connectivity index (χ3v) is 5.00. The molecule has 25 heavy (non-hydrogen) atoms. The topological polar surface area (TPSA) is 38.3 Å². The first-order chi connectivity index (χ1) is 12.3. The highest BCUT2D eigenvalue weighted by molar-refractivity contribution is 7.98. The predicted molar refractivity (Wildman–Crippen MR) is 102 cm³/mol. The normalized spacial score (nSPS) is 12.7. The Bertz CT molecular complexity index is 893. The van der Waals surface area contributed by atoms with Gasteiger partial charge in [-0.05, 0) is 36.6 Å². The maximum absolute atomic E-state index is 13.1. The van der Waals surface area contributed by atoms with E-state index in [4.69, 9.17) is 4.74 Å². The van der Waals surface area contributed by atoms with Gasteiger partial charge in [0.1, 0.15) is 11.5 Å². The molecule has 0 unspecified atom stereocenters. The zero-order valence-electron chi connectivity index (χ0n) is 13.7. The van der Waals surface area contributed by atoms with Crippen molar-refractivity contribution in [1.29, 1.82) is 0 Å². The van der Waals surface area contributed by atoms with Crippen molar-refractivity contribution in [3.8, 4) is 11.5 Å². The Balaban J connectivity index is 1.72. The van der Waals surface area contributed by atoms with Crippen LogP contribution in [0.4, 0.5) is 5.69 Å². The van der Waals surface area contributed by atoms with E-state index in [0.29, 0.717) is 0 Å². The predicted octanol–water partition coefficient (Wildman–Crippen LogP) is 5.28. The van der Waals surface area contributed by atoms with Gasteiger partial charge in [0.15, 0.2) is 0 Å². The number of benzene rings is 3. The Morgan fingerprint density at radius 3 is 2.20 bits per heavy atom. The van der Waals surface area contributed by atoms with Gasteiger partial charge in [0.25, 0.3) is 0 Å². The van der Waals surface area contributed by atoms with Gasteiger partial charge in [0, 0.05) is 21.7 Å². The average Bonchev–Trinajstić information content (AvgIpc) is 2.66. The minimum Gasteiger partial charge on any atom is -0.457 e. The van der Waals surface area contributed by atoms with Crippen LogP contribution in [0.5, 0.6) is 11.5 Å². The molecule has 4 rings (SSSR count). The summed E-state index contributed by atoms with van der Waals surface area (Å²) in [5.41, 5.74) is 2.58. The lowest BCUT2D eigenvalue weighted by molar-refractivity contribution is -0.116. The molecule has 3 aromatic rings. The summed E-state index contributed by atoms with van der Waals surface area (Å²) < 4.78 is 5.96. The molecule has 1 aliphatic rings. The summed E-state index contributed by atoms with van der Waals surface area (Å²) in [6.07, 6.45) is 2.02. The number of thioether (sulfide) groups is 1. The third kappa shape index (κ3) is 3.01. The van der Waals surface area contributed by atoms with Crippen LogP contribution in [-0.2, 0) is 4.79 Å². The molecule has 4 heteroatoms. The minimum atomic E-state index is -0.390. The van der Waals surface area contributed by atoms with E-state index in [1.807, 2.05) is 79.1 Å². The van der Waals surface area contributed by atoms with Crippen LogP contribution in [0.15, 0.2) is 77.7 Å². The fraction of sp³-hybridized carbons (Fsp3) is 0.0952. The second kappa shape index (κ2) is 6.65. The number of carbonyl (C=O) groups excluding carboxylic acids is 1. The molecule has 1 heterocycles. The van der Waals surface area contributed by atoms with Crippen molar-refractivity contribution in [2.24, 2.45) is 0 Å². The van der Waals surface area contributed by atoms with Crippen LogP contribution in [0.2, 0.25) is 0 Å². The zero-order chi connectivity index (χ0) is 17.2. The number of amides is 1. The Kier molecular flexibility index (Phi) is 4.20. The molecule has 0 bridgehead atoms. The SMILES string of the molecule is CSc1cccc(NC(=O)C2c3ccccc3Oc3ccccc32)c1. The van der Waals surface area contributed by atoms with Crippen molar-refractivity contribution in [3.63, 3.8) is 0 Å². The molecule has 1 aliphatic heterocycles. The summed E-state index contributed by atoms with van der Waals surface area (Å²) in [7, 11) is 0. The van der Waals surface area contributed by atoms with E-state index in [9.17, 15) is 4.79 Å². The van der Waals surface area contributed by atoms with Crippen molar-refractivity contribution in [2.45, 2.75) is 10.8 Å². The van der Waals surface area contributed by atoms with Gasteiger partial charge in [-0.3, -0.25) is 4.79 Å². The lowest BCUT2D eigenvalue weighted by Crippen LogP contribution is -2.25. The molecular formula is C21H17NO2S. The van der Waals surface area contributed by atoms with Crippen LogP contribution >= 0.6 is 11.8 Å². The summed E-state index contributed by atoms with van der Waals surface area (Å²) in [6.45, 7) is 0. The van der Waals surface area contributed by atoms with E-state index < -0.39 is 0 Å². The maximum atomic E-state index is 13.1. The van der Waals surface area contributed by atoms with Crippen molar-refractivity contribution in [1.82, 2.24) is 0 Å². The zero-order valence-corrected chi connectivity index (χ0v) is 14.5. The Morgan fingerprint density at radius 2 is 1.56 bits per heavy atom. The van der Waals surface area contributed by atoms with E-state index in [1.165, 1.54) is 0 Å². The average molecular weight is 347 g/mol. The number of para-hydroxylation sites is 2. The number of anilines is 1. The van der Waals surface area contributed by atoms with E-state index >= 15 is 0 Å². The van der Waals surface area contributed by atoms with Crippen LogP contribution in [0.25, 0.3) is 0 Å². The van der Waals surface area contributed by atoms with Crippen LogP contribution < -0.4 is 10.1 Å². The third-order valence-electron chi connectivity index (χ3n) is 4.28. The van der Waals surface area contributed by atoms with Gasteiger partial charge in [-0.1, -0.05) is 42.5 Å². The van der Waals surface area contributed by atoms with Crippen LogP contribution in [0.1, 0.15) is 17.0 Å². The smallest absolute Gasteiger partial charge is 0.236 e. The molecule has 3 nitrogen and oxygen atoms in total. The molecule has 0 fully saturated rings. The Hall–Kier alpha value is -2.72. The van der Waals surface area contributed by atoms with Crippen molar-refractivity contribution < 1.29 is 9.53 Å². The Labute approximate surface area is 151 Å². The van der Waals surface area contributed by atoms with Crippen molar-refractivity contribution in [2.75, 3.05) is 11.6 Å². The molecule has 1 N–H and O–H groups in total. The molecule has 0 spiro atoms. The van der Waals surface area contributed by atoms with Gasteiger partial charge < -0.3 is 10.1 Å². The van der Waals surface area contributed by atoms with E-state index in [2.05, 4.69) is 5.32 Å². The van der Waals surface area contributed by atoms with Gasteiger partial charge in [-0.25, -0.2) is 0 Å². The summed E-state index contributed by atoms with van der Waals surface area (Å²) in [6, 6.07) is 23.3. The molecule has 0 aromatic heterocycles. The van der Waals surface area contributed by atoms with Gasteiger partial charge in [-0.2, -0.15) is 0 Å². The first-order valence-electron chi connectivity index (χ1n) is 8.07. The number of fused-ring (bicyclic) bond motifs is 2. The summed E-state index contributed by atoms with van der Waals surface area (Å²) in [5, 5.41) is 3.06. The van der Waals surface area contributed by atoms with Crippen LogP contribution in [-0.4, -0.2) is 12.2 Å². The molecule has 3 aromatic carbocycles. The van der Waals surface area contributed by atoms with Crippen molar-refractivity contribution in [3.05, 3.63) is 83.9 Å². The van der Waals surface area contributed by atoms with E-state index in [-0.39, 0.29) is 11.8 Å². The molecular weight excluding hydrogens is 330 g/mol. The first-order valence-corrected chi connectivity index (χ1v) is 9.29. The standard InChI is InChI=1S/C21H17NO2S/c1-25-15-8-6-7-14(13-15)22-21(23)20-16-9-2-4-11-18(16)24-19-12-5-3-10-17(19)20/h2-13,20H,1H3,(H,22,23). The number of rotatable bonds is 3. The number of nitrogens with one attached hydrogen (secondary N) is 1. The first kappa shape index (κ1) is 15.8. The largest absolute Gasteiger partial charge is 0.457 e. The number of hydrogen-bond donors (Lipinski definition) is 1. The summed E-state index contributed by atoms with van der Waals surface area (Å²) in [5.74, 6) is 1.03. The van der Waals surface area contributed by atoms with Crippen LogP contribution in [0, 0.1) is 0 Å². The van der Waals surface area contributed by atoms with Gasteiger partial charge >= 0.3 is 0 Å². The minimum absolute atomic E-state index is 0.0542. The second-order valence-electron chi connectivity index (χ2n) is 5.83. The highest BCUT2D eigenvalue weighted by atomic mass is 32.2. The molecule has 0 radical (unpaired) electrons. The quantitative estimate of drug-likeness (QED) is 0.655. The van der Waals surface area contributed by atoms with Gasteiger partial charge in [0.05, 0.1) is 5.92 Å². The molecule has 0 saturated heterocycles. The van der Waals surface area contributed by atoms with Crippen molar-refractivity contribution >= 4 is 23.4 Å². The number of hydrogen-bond acceptors (Lipinski definition) is 3. The van der Waals surface area contributed by atoms with Gasteiger partial charge in [-0.15, -0.1) is 11.8 Å². The monoisotopic (exact) mass is 347 g/mol. The Morgan fingerprint density at radius 1 is 0.920 bits per heavy atom. The molecule has 0 aliphatic carbocycles. The fourth-order valence-electron chi connectivity index (χ4n) is 3.11. The fourth-order valence-corrected chi connectivity index (χ4v) is 3.57. The lowest BCUT2D eigenvalue weighted by Gasteiger charge is -2.27. The van der Waals surface area contributed by atoms with Crippen LogP contribution in [0.3, 0.4) is 0 Å². The number of ether oxygens (including phenoxy) is 1. The maximum Gasteiger partial charge on any atom is 0.236 e. The molecule has 1 amide bonds. The molecule has 0 atom stereocenters. The highest BCUT2D eigenvalue weighted by Crippen LogP contribution is 2.44. The summed E-state index contributed by atoms with van der Waals surface area (Å²) >= 11 is 1.65. The molecule has 0 saturated carbocycles. The highest BCUT2D eigenvalue weighted by Gasteiger charge is 2.32. The lowest BCUT2D eigenvalue weighted by atomic mass is 9.87. The second-order valence-corrected chi connectivity index (χ2v) is 6.71.